The van der Waals surface area contributed by atoms with E-state index in [1.807, 2.05) is 12.3 Å². The van der Waals surface area contributed by atoms with E-state index < -0.39 is 0 Å². The molecule has 0 aliphatic carbocycles. The highest BCUT2D eigenvalue weighted by Gasteiger charge is 2.00. The van der Waals surface area contributed by atoms with Crippen molar-refractivity contribution in [1.29, 1.82) is 0 Å². The Bertz CT molecular complexity index is 427. The van der Waals surface area contributed by atoms with Gasteiger partial charge in [-0.3, -0.25) is 4.98 Å². The second-order valence-electron chi connectivity index (χ2n) is 5.78. The summed E-state index contributed by atoms with van der Waals surface area (Å²) in [5.74, 6) is 1.67. The third-order valence-electron chi connectivity index (χ3n) is 3.35. The monoisotopic (exact) mass is 290 g/mol. The number of aryl methyl sites for hydroxylation is 1. The highest BCUT2D eigenvalue weighted by Crippen LogP contribution is 2.05. The number of unbranched alkanes of at least 4 members (excludes halogenated alkanes) is 1. The van der Waals surface area contributed by atoms with Crippen LogP contribution in [0.5, 0.6) is 0 Å². The van der Waals surface area contributed by atoms with E-state index in [4.69, 9.17) is 0 Å². The minimum Gasteiger partial charge on any atom is -0.357 e. The molecule has 0 unspecified atom stereocenters. The van der Waals surface area contributed by atoms with Crippen LogP contribution in [-0.4, -0.2) is 24.0 Å². The van der Waals surface area contributed by atoms with Crippen LogP contribution in [0.25, 0.3) is 0 Å². The molecule has 4 nitrogen and oxygen atoms in total. The lowest BCUT2D eigenvalue weighted by Gasteiger charge is -2.12. The van der Waals surface area contributed by atoms with Crippen LogP contribution in [0.3, 0.4) is 0 Å². The lowest BCUT2D eigenvalue weighted by atomic mass is 10.1. The van der Waals surface area contributed by atoms with Crippen LogP contribution in [0.4, 0.5) is 0 Å². The second-order valence-corrected chi connectivity index (χ2v) is 5.78. The Morgan fingerprint density at radius 2 is 2.10 bits per heavy atom. The Labute approximate surface area is 129 Å². The molecule has 1 heterocycles. The van der Waals surface area contributed by atoms with Gasteiger partial charge >= 0.3 is 0 Å². The number of aliphatic imine (C=N–C) groups is 1. The van der Waals surface area contributed by atoms with E-state index in [0.29, 0.717) is 6.54 Å². The van der Waals surface area contributed by atoms with Crippen LogP contribution < -0.4 is 10.6 Å². The van der Waals surface area contributed by atoms with Gasteiger partial charge in [0.2, 0.25) is 0 Å². The third kappa shape index (κ3) is 7.69. The topological polar surface area (TPSA) is 49.3 Å². The van der Waals surface area contributed by atoms with Gasteiger partial charge in [-0.15, -0.1) is 0 Å². The molecule has 1 aromatic heterocycles. The van der Waals surface area contributed by atoms with E-state index >= 15 is 0 Å². The van der Waals surface area contributed by atoms with Crippen molar-refractivity contribution in [1.82, 2.24) is 15.6 Å². The smallest absolute Gasteiger partial charge is 0.191 e. The molecule has 4 heteroatoms. The van der Waals surface area contributed by atoms with Gasteiger partial charge in [0.15, 0.2) is 5.96 Å². The van der Waals surface area contributed by atoms with Crippen LogP contribution in [-0.2, 0) is 6.54 Å². The van der Waals surface area contributed by atoms with Crippen LogP contribution >= 0.6 is 0 Å². The zero-order valence-corrected chi connectivity index (χ0v) is 13.9. The van der Waals surface area contributed by atoms with Crippen LogP contribution in [0.15, 0.2) is 23.3 Å². The molecule has 2 N–H and O–H groups in total. The van der Waals surface area contributed by atoms with Crippen molar-refractivity contribution in [2.24, 2.45) is 10.9 Å². The van der Waals surface area contributed by atoms with Gasteiger partial charge in [-0.2, -0.15) is 0 Å². The highest BCUT2D eigenvalue weighted by atomic mass is 15.2. The molecule has 0 saturated carbocycles. The summed E-state index contributed by atoms with van der Waals surface area (Å²) in [6, 6.07) is 4.03. The van der Waals surface area contributed by atoms with E-state index in [1.54, 1.807) is 0 Å². The summed E-state index contributed by atoms with van der Waals surface area (Å²) in [5, 5.41) is 6.68. The predicted molar refractivity (Wildman–Crippen MR) is 90.5 cm³/mol. The van der Waals surface area contributed by atoms with E-state index in [-0.39, 0.29) is 0 Å². The molecule has 0 fully saturated rings. The molecule has 0 amide bonds. The molecule has 21 heavy (non-hydrogen) atoms. The van der Waals surface area contributed by atoms with Crippen molar-refractivity contribution in [3.05, 3.63) is 29.6 Å². The van der Waals surface area contributed by atoms with E-state index in [0.717, 1.165) is 30.7 Å². The van der Waals surface area contributed by atoms with Crippen LogP contribution in [0.2, 0.25) is 0 Å². The highest BCUT2D eigenvalue weighted by molar-refractivity contribution is 5.79. The average molecular weight is 290 g/mol. The molecule has 0 aliphatic heterocycles. The lowest BCUT2D eigenvalue weighted by Crippen LogP contribution is -2.37. The van der Waals surface area contributed by atoms with Gasteiger partial charge in [0.25, 0.3) is 0 Å². The largest absolute Gasteiger partial charge is 0.357 e. The Hall–Kier alpha value is -1.58. The van der Waals surface area contributed by atoms with E-state index in [9.17, 15) is 0 Å². The lowest BCUT2D eigenvalue weighted by molar-refractivity contribution is 0.534. The molecule has 0 spiro atoms. The maximum absolute atomic E-state index is 4.61. The van der Waals surface area contributed by atoms with Crippen molar-refractivity contribution in [2.75, 3.05) is 13.1 Å². The van der Waals surface area contributed by atoms with Gasteiger partial charge < -0.3 is 10.6 Å². The molecule has 0 atom stereocenters. The standard InChI is InChI=1S/C17H30N4/c1-5-18-17(20-11-7-6-9-14(2)3)21-13-16-15(4)10-8-12-19-16/h8,10,12,14H,5-7,9,11,13H2,1-4H3,(H2,18,20,21). The maximum Gasteiger partial charge on any atom is 0.191 e. The zero-order valence-electron chi connectivity index (χ0n) is 13.9. The van der Waals surface area contributed by atoms with Crippen molar-refractivity contribution in [3.63, 3.8) is 0 Å². The number of aromatic nitrogens is 1. The Morgan fingerprint density at radius 1 is 1.29 bits per heavy atom. The fraction of sp³-hybridized carbons (Fsp3) is 0.647. The average Bonchev–Trinajstić information content (AvgIpc) is 2.45. The molecular formula is C17H30N4. The Balaban J connectivity index is 2.41. The van der Waals surface area contributed by atoms with Gasteiger partial charge in [-0.05, 0) is 37.8 Å². The molecule has 1 rings (SSSR count). The summed E-state index contributed by atoms with van der Waals surface area (Å²) in [7, 11) is 0. The van der Waals surface area contributed by atoms with Crippen molar-refractivity contribution >= 4 is 5.96 Å². The number of nitrogens with one attached hydrogen (secondary N) is 2. The molecule has 118 valence electrons. The number of rotatable bonds is 8. The molecule has 0 aliphatic rings. The normalized spacial score (nSPS) is 11.8. The maximum atomic E-state index is 4.61. The van der Waals surface area contributed by atoms with Crippen LogP contribution in [0.1, 0.15) is 51.3 Å². The number of guanidine groups is 1. The summed E-state index contributed by atoms with van der Waals surface area (Å²) >= 11 is 0. The summed E-state index contributed by atoms with van der Waals surface area (Å²) in [4.78, 5) is 8.99. The molecular weight excluding hydrogens is 260 g/mol. The fourth-order valence-corrected chi connectivity index (χ4v) is 2.06. The van der Waals surface area contributed by atoms with Gasteiger partial charge in [-0.1, -0.05) is 32.8 Å². The van der Waals surface area contributed by atoms with Gasteiger partial charge in [0.1, 0.15) is 0 Å². The summed E-state index contributed by atoms with van der Waals surface area (Å²) in [5.41, 5.74) is 2.23. The molecule has 0 radical (unpaired) electrons. The third-order valence-corrected chi connectivity index (χ3v) is 3.35. The minimum atomic E-state index is 0.619. The minimum absolute atomic E-state index is 0.619. The van der Waals surface area contributed by atoms with Gasteiger partial charge in [0.05, 0.1) is 12.2 Å². The Kier molecular flexibility index (Phi) is 8.48. The first kappa shape index (κ1) is 17.5. The summed E-state index contributed by atoms with van der Waals surface area (Å²) < 4.78 is 0. The first-order valence-electron chi connectivity index (χ1n) is 8.06. The molecule has 1 aromatic rings. The summed E-state index contributed by atoms with van der Waals surface area (Å²) in [6.07, 6.45) is 5.57. The van der Waals surface area contributed by atoms with Crippen molar-refractivity contribution < 1.29 is 0 Å². The fourth-order valence-electron chi connectivity index (χ4n) is 2.06. The molecule has 0 saturated heterocycles. The first-order chi connectivity index (χ1) is 10.1. The summed E-state index contributed by atoms with van der Waals surface area (Å²) in [6.45, 7) is 11.2. The SMILES string of the molecule is CCNC(=NCc1ncccc1C)NCCCCC(C)C. The number of nitrogens with zero attached hydrogens (tertiary/aromatic N) is 2. The predicted octanol–water partition coefficient (Wildman–Crippen LogP) is 3.27. The van der Waals surface area contributed by atoms with Crippen LogP contribution in [0, 0.1) is 12.8 Å². The Morgan fingerprint density at radius 3 is 2.76 bits per heavy atom. The van der Waals surface area contributed by atoms with Crippen molar-refractivity contribution in [3.8, 4) is 0 Å². The zero-order chi connectivity index (χ0) is 15.5. The number of hydrogen-bond donors (Lipinski definition) is 2. The number of hydrogen-bond acceptors (Lipinski definition) is 2. The van der Waals surface area contributed by atoms with Crippen molar-refractivity contribution in [2.45, 2.75) is 53.5 Å². The first-order valence-corrected chi connectivity index (χ1v) is 8.06. The second kappa shape index (κ2) is 10.2. The van der Waals surface area contributed by atoms with Gasteiger partial charge in [-0.25, -0.2) is 4.99 Å². The quantitative estimate of drug-likeness (QED) is 0.439. The number of pyridine rings is 1. The molecule has 0 bridgehead atoms. The van der Waals surface area contributed by atoms with E-state index in [1.165, 1.54) is 24.8 Å². The van der Waals surface area contributed by atoms with Gasteiger partial charge in [0, 0.05) is 19.3 Å². The molecule has 0 aromatic carbocycles. The van der Waals surface area contributed by atoms with E-state index in [2.05, 4.69) is 54.4 Å².